The first-order chi connectivity index (χ1) is 5.16. The summed E-state index contributed by atoms with van der Waals surface area (Å²) in [6.07, 6.45) is 2.71. The first-order valence-corrected chi connectivity index (χ1v) is 3.84. The Bertz CT molecular complexity index is 273. The molecular weight excluding hydrogens is 138 g/mol. The van der Waals surface area contributed by atoms with E-state index in [1.54, 1.807) is 13.1 Å². The van der Waals surface area contributed by atoms with E-state index < -0.39 is 0 Å². The molecule has 0 aliphatic rings. The lowest BCUT2D eigenvalue weighted by atomic mass is 10.1. The van der Waals surface area contributed by atoms with Crippen molar-refractivity contribution < 1.29 is 4.79 Å². The minimum Gasteiger partial charge on any atom is -0.364 e. The fraction of sp³-hybridized carbons (Fsp3) is 0.444. The highest BCUT2D eigenvalue weighted by Gasteiger charge is 2.08. The van der Waals surface area contributed by atoms with Gasteiger partial charge in [0.15, 0.2) is 5.78 Å². The van der Waals surface area contributed by atoms with Crippen molar-refractivity contribution in [2.24, 2.45) is 0 Å². The Morgan fingerprint density at radius 3 is 2.64 bits per heavy atom. The van der Waals surface area contributed by atoms with Crippen LogP contribution in [0.4, 0.5) is 0 Å². The van der Waals surface area contributed by atoms with Crippen LogP contribution in [0.25, 0.3) is 0 Å². The molecule has 2 heteroatoms. The van der Waals surface area contributed by atoms with E-state index in [1.165, 1.54) is 0 Å². The second-order valence-corrected chi connectivity index (χ2v) is 2.72. The van der Waals surface area contributed by atoms with Gasteiger partial charge in [-0.2, -0.15) is 0 Å². The van der Waals surface area contributed by atoms with Crippen LogP contribution >= 0.6 is 0 Å². The lowest BCUT2D eigenvalue weighted by Gasteiger charge is -1.96. The van der Waals surface area contributed by atoms with Gasteiger partial charge in [-0.1, -0.05) is 6.92 Å². The van der Waals surface area contributed by atoms with Crippen LogP contribution in [0.15, 0.2) is 6.20 Å². The number of nitrogens with one attached hydrogen (secondary N) is 1. The number of hydrogen-bond donors (Lipinski definition) is 1. The van der Waals surface area contributed by atoms with E-state index >= 15 is 0 Å². The minimum absolute atomic E-state index is 0.145. The number of carbonyl (C=O) groups excluding carboxylic acids is 1. The predicted octanol–water partition coefficient (Wildman–Crippen LogP) is 2.09. The van der Waals surface area contributed by atoms with Crippen LogP contribution in [0, 0.1) is 6.92 Å². The summed E-state index contributed by atoms with van der Waals surface area (Å²) in [7, 11) is 0. The number of aryl methyl sites for hydroxylation is 1. The van der Waals surface area contributed by atoms with Crippen molar-refractivity contribution in [2.45, 2.75) is 27.2 Å². The Hall–Kier alpha value is -1.05. The summed E-state index contributed by atoms with van der Waals surface area (Å²) < 4.78 is 0. The monoisotopic (exact) mass is 151 g/mol. The van der Waals surface area contributed by atoms with Crippen LogP contribution in [0.2, 0.25) is 0 Å². The Balaban J connectivity index is 3.15. The quantitative estimate of drug-likeness (QED) is 0.645. The molecule has 1 aromatic heterocycles. The molecule has 0 aliphatic carbocycles. The Morgan fingerprint density at radius 2 is 2.27 bits per heavy atom. The number of ketones is 1. The van der Waals surface area contributed by atoms with E-state index in [0.717, 1.165) is 23.2 Å². The number of Topliss-reactive ketones (excluding diaryl/α,β-unsaturated/α-hetero) is 1. The van der Waals surface area contributed by atoms with E-state index in [0.29, 0.717) is 0 Å². The molecule has 0 spiro atoms. The highest BCUT2D eigenvalue weighted by atomic mass is 16.1. The Kier molecular flexibility index (Phi) is 2.13. The first kappa shape index (κ1) is 8.05. The number of aromatic nitrogens is 1. The number of carbonyl (C=O) groups is 1. The summed E-state index contributed by atoms with van der Waals surface area (Å²) in [6.45, 7) is 5.65. The fourth-order valence-electron chi connectivity index (χ4n) is 1.33. The average Bonchev–Trinajstić information content (AvgIpc) is 2.30. The molecule has 0 saturated heterocycles. The van der Waals surface area contributed by atoms with E-state index in [4.69, 9.17) is 0 Å². The van der Waals surface area contributed by atoms with Crippen LogP contribution in [-0.4, -0.2) is 10.8 Å². The summed E-state index contributed by atoms with van der Waals surface area (Å²) >= 11 is 0. The summed E-state index contributed by atoms with van der Waals surface area (Å²) in [6, 6.07) is 0. The molecule has 0 atom stereocenters. The molecule has 1 rings (SSSR count). The maximum Gasteiger partial charge on any atom is 0.161 e. The Morgan fingerprint density at radius 1 is 1.64 bits per heavy atom. The molecule has 1 N–H and O–H groups in total. The largest absolute Gasteiger partial charge is 0.364 e. The molecule has 0 radical (unpaired) electrons. The topological polar surface area (TPSA) is 32.9 Å². The van der Waals surface area contributed by atoms with Crippen molar-refractivity contribution in [2.75, 3.05) is 0 Å². The number of hydrogen-bond acceptors (Lipinski definition) is 1. The standard InChI is InChI=1S/C9H13NO/c1-4-8-6(2)10-5-9(8)7(3)11/h5,10H,4H2,1-3H3. The van der Waals surface area contributed by atoms with Gasteiger partial charge in [-0.3, -0.25) is 4.79 Å². The van der Waals surface area contributed by atoms with Crippen molar-refractivity contribution in [1.82, 2.24) is 4.98 Å². The van der Waals surface area contributed by atoms with Crippen molar-refractivity contribution in [3.63, 3.8) is 0 Å². The maximum atomic E-state index is 11.0. The molecule has 0 bridgehead atoms. The highest BCUT2D eigenvalue weighted by Crippen LogP contribution is 2.13. The minimum atomic E-state index is 0.145. The van der Waals surface area contributed by atoms with Gasteiger partial charge in [0, 0.05) is 17.5 Å². The molecule has 0 unspecified atom stereocenters. The number of aromatic amines is 1. The zero-order valence-corrected chi connectivity index (χ0v) is 7.19. The van der Waals surface area contributed by atoms with Crippen molar-refractivity contribution >= 4 is 5.78 Å². The molecule has 0 saturated carbocycles. The smallest absolute Gasteiger partial charge is 0.161 e. The average molecular weight is 151 g/mol. The van der Waals surface area contributed by atoms with Crippen LogP contribution in [0.5, 0.6) is 0 Å². The molecule has 0 amide bonds. The third-order valence-electron chi connectivity index (χ3n) is 1.94. The summed E-state index contributed by atoms with van der Waals surface area (Å²) in [4.78, 5) is 14.1. The van der Waals surface area contributed by atoms with Gasteiger partial charge in [-0.25, -0.2) is 0 Å². The fourth-order valence-corrected chi connectivity index (χ4v) is 1.33. The van der Waals surface area contributed by atoms with Crippen LogP contribution in [0.3, 0.4) is 0 Å². The SMILES string of the molecule is CCc1c(C(C)=O)c[nH]c1C. The van der Waals surface area contributed by atoms with Crippen molar-refractivity contribution in [1.29, 1.82) is 0 Å². The molecule has 0 aromatic carbocycles. The van der Waals surface area contributed by atoms with Crippen molar-refractivity contribution in [3.05, 3.63) is 23.0 Å². The van der Waals surface area contributed by atoms with Gasteiger partial charge in [-0.15, -0.1) is 0 Å². The summed E-state index contributed by atoms with van der Waals surface area (Å²) in [5.41, 5.74) is 3.10. The summed E-state index contributed by atoms with van der Waals surface area (Å²) in [5.74, 6) is 0.145. The van der Waals surface area contributed by atoms with Crippen molar-refractivity contribution in [3.8, 4) is 0 Å². The van der Waals surface area contributed by atoms with Crippen LogP contribution < -0.4 is 0 Å². The van der Waals surface area contributed by atoms with E-state index in [1.807, 2.05) is 6.92 Å². The van der Waals surface area contributed by atoms with E-state index in [9.17, 15) is 4.79 Å². The second-order valence-electron chi connectivity index (χ2n) is 2.72. The normalized spacial score (nSPS) is 10.1. The number of rotatable bonds is 2. The lowest BCUT2D eigenvalue weighted by Crippen LogP contribution is -1.94. The van der Waals surface area contributed by atoms with E-state index in [-0.39, 0.29) is 5.78 Å². The van der Waals surface area contributed by atoms with Gasteiger partial charge in [0.1, 0.15) is 0 Å². The van der Waals surface area contributed by atoms with Gasteiger partial charge < -0.3 is 4.98 Å². The number of H-pyrrole nitrogens is 1. The van der Waals surface area contributed by atoms with Gasteiger partial charge in [0.05, 0.1) is 0 Å². The van der Waals surface area contributed by atoms with Gasteiger partial charge in [-0.05, 0) is 25.8 Å². The molecule has 1 aromatic rings. The molecule has 1 heterocycles. The molecule has 60 valence electrons. The zero-order chi connectivity index (χ0) is 8.43. The van der Waals surface area contributed by atoms with E-state index in [2.05, 4.69) is 11.9 Å². The van der Waals surface area contributed by atoms with Crippen LogP contribution in [0.1, 0.15) is 35.5 Å². The third kappa shape index (κ3) is 1.34. The van der Waals surface area contributed by atoms with Gasteiger partial charge in [0.25, 0.3) is 0 Å². The zero-order valence-electron chi connectivity index (χ0n) is 7.19. The first-order valence-electron chi connectivity index (χ1n) is 3.84. The summed E-state index contributed by atoms with van der Waals surface area (Å²) in [5, 5.41) is 0. The molecule has 11 heavy (non-hydrogen) atoms. The third-order valence-corrected chi connectivity index (χ3v) is 1.94. The van der Waals surface area contributed by atoms with Gasteiger partial charge >= 0.3 is 0 Å². The molecule has 2 nitrogen and oxygen atoms in total. The lowest BCUT2D eigenvalue weighted by molar-refractivity contribution is 0.101. The second kappa shape index (κ2) is 2.91. The Labute approximate surface area is 66.6 Å². The molecule has 0 fully saturated rings. The molecular formula is C9H13NO. The van der Waals surface area contributed by atoms with Gasteiger partial charge in [0.2, 0.25) is 0 Å². The highest BCUT2D eigenvalue weighted by molar-refractivity contribution is 5.95. The predicted molar refractivity (Wildman–Crippen MR) is 44.9 cm³/mol. The molecule has 0 aliphatic heterocycles. The van der Waals surface area contributed by atoms with Crippen LogP contribution in [-0.2, 0) is 6.42 Å². The maximum absolute atomic E-state index is 11.0.